The van der Waals surface area contributed by atoms with Gasteiger partial charge in [-0.2, -0.15) is 5.10 Å². The molecule has 1 fully saturated rings. The molecule has 1 aliphatic rings. The number of methoxy groups -OCH3 is 1. The van der Waals surface area contributed by atoms with Crippen LogP contribution >= 0.6 is 0 Å². The number of ether oxygens (including phenoxy) is 1. The van der Waals surface area contributed by atoms with Crippen LogP contribution < -0.4 is 0 Å². The van der Waals surface area contributed by atoms with Gasteiger partial charge >= 0.3 is 5.97 Å². The summed E-state index contributed by atoms with van der Waals surface area (Å²) >= 11 is 0. The van der Waals surface area contributed by atoms with Crippen LogP contribution in [-0.4, -0.2) is 74.4 Å². The Bertz CT molecular complexity index is 883. The standard InChI is InChI=1S/C16H17FN4O5/c1-8(22)13-9-3-4-18-5-11(9)21(19-13)7-12(23)20-6-10(17)15(26-2)14(20)16(24)25/h3-5,10,14-15H,6-7H2,1-2H3,(H,24,25)/t10-,14-,15+/m0/s1. The van der Waals surface area contributed by atoms with Crippen molar-refractivity contribution < 1.29 is 28.6 Å². The van der Waals surface area contributed by atoms with Gasteiger partial charge in [-0.3, -0.25) is 19.3 Å². The molecule has 0 saturated carbocycles. The van der Waals surface area contributed by atoms with Gasteiger partial charge in [0.25, 0.3) is 0 Å². The Hall–Kier alpha value is -2.88. The molecular weight excluding hydrogens is 347 g/mol. The van der Waals surface area contributed by atoms with Crippen molar-refractivity contribution in [2.45, 2.75) is 31.8 Å². The second-order valence-corrected chi connectivity index (χ2v) is 6.00. The molecule has 1 aliphatic heterocycles. The minimum absolute atomic E-state index is 0.185. The van der Waals surface area contributed by atoms with Gasteiger partial charge in [0, 0.05) is 25.6 Å². The average molecular weight is 364 g/mol. The number of carboxylic acids is 1. The lowest BCUT2D eigenvalue weighted by molar-refractivity contribution is -0.152. The van der Waals surface area contributed by atoms with Crippen molar-refractivity contribution in [3.05, 3.63) is 24.2 Å². The molecule has 2 aromatic heterocycles. The van der Waals surface area contributed by atoms with E-state index in [4.69, 9.17) is 4.74 Å². The van der Waals surface area contributed by atoms with E-state index in [1.807, 2.05) is 0 Å². The molecule has 1 N–H and O–H groups in total. The summed E-state index contributed by atoms with van der Waals surface area (Å²) in [5, 5.41) is 14.0. The molecule has 3 heterocycles. The van der Waals surface area contributed by atoms with Crippen LogP contribution in [0.5, 0.6) is 0 Å². The third-order valence-electron chi connectivity index (χ3n) is 4.39. The Morgan fingerprint density at radius 1 is 1.42 bits per heavy atom. The predicted octanol–water partition coefficient (Wildman–Crippen LogP) is 0.282. The maximum atomic E-state index is 14.1. The first-order valence-corrected chi connectivity index (χ1v) is 7.85. The fourth-order valence-corrected chi connectivity index (χ4v) is 3.21. The summed E-state index contributed by atoms with van der Waals surface area (Å²) in [5.41, 5.74) is 0.641. The first-order valence-electron chi connectivity index (χ1n) is 7.85. The van der Waals surface area contributed by atoms with Gasteiger partial charge in [-0.15, -0.1) is 0 Å². The number of fused-ring (bicyclic) bond motifs is 1. The van der Waals surface area contributed by atoms with E-state index in [-0.39, 0.29) is 24.6 Å². The average Bonchev–Trinajstić information content (AvgIpc) is 3.13. The number of ketones is 1. The Morgan fingerprint density at radius 2 is 2.15 bits per heavy atom. The molecule has 2 aromatic rings. The molecule has 3 atom stereocenters. The zero-order valence-corrected chi connectivity index (χ0v) is 14.1. The van der Waals surface area contributed by atoms with E-state index in [2.05, 4.69) is 10.1 Å². The topological polar surface area (TPSA) is 115 Å². The summed E-state index contributed by atoms with van der Waals surface area (Å²) in [6.07, 6.45) is 0.117. The second kappa shape index (κ2) is 6.79. The number of pyridine rings is 1. The molecule has 3 rings (SSSR count). The summed E-state index contributed by atoms with van der Waals surface area (Å²) in [6.45, 7) is 0.625. The number of hydrogen-bond donors (Lipinski definition) is 1. The van der Waals surface area contributed by atoms with Crippen LogP contribution in [0.25, 0.3) is 10.9 Å². The molecule has 1 saturated heterocycles. The lowest BCUT2D eigenvalue weighted by atomic mass is 10.1. The summed E-state index contributed by atoms with van der Waals surface area (Å²) in [4.78, 5) is 40.7. The number of halogens is 1. The van der Waals surface area contributed by atoms with Crippen LogP contribution in [0.2, 0.25) is 0 Å². The fraction of sp³-hybridized carbons (Fsp3) is 0.438. The first kappa shape index (κ1) is 17.9. The molecule has 9 nitrogen and oxygen atoms in total. The summed E-state index contributed by atoms with van der Waals surface area (Å²) in [5.74, 6) is -2.26. The van der Waals surface area contributed by atoms with Gasteiger partial charge in [-0.05, 0) is 6.07 Å². The van der Waals surface area contributed by atoms with Crippen molar-refractivity contribution in [3.8, 4) is 0 Å². The van der Waals surface area contributed by atoms with E-state index in [1.54, 1.807) is 6.07 Å². The molecule has 138 valence electrons. The van der Waals surface area contributed by atoms with Crippen molar-refractivity contribution in [3.63, 3.8) is 0 Å². The third-order valence-corrected chi connectivity index (χ3v) is 4.39. The highest BCUT2D eigenvalue weighted by Crippen LogP contribution is 2.25. The quantitative estimate of drug-likeness (QED) is 0.758. The third kappa shape index (κ3) is 2.92. The highest BCUT2D eigenvalue weighted by Gasteiger charge is 2.48. The molecule has 0 aromatic carbocycles. The zero-order chi connectivity index (χ0) is 19.0. The molecule has 0 aliphatic carbocycles. The number of carbonyl (C=O) groups excluding carboxylic acids is 2. The minimum Gasteiger partial charge on any atom is -0.480 e. The summed E-state index contributed by atoms with van der Waals surface area (Å²) in [6, 6.07) is 0.184. The van der Waals surface area contributed by atoms with Gasteiger partial charge in [-0.1, -0.05) is 0 Å². The molecule has 0 spiro atoms. The number of carboxylic acid groups (broad SMARTS) is 1. The molecule has 10 heteroatoms. The van der Waals surface area contributed by atoms with E-state index in [0.29, 0.717) is 10.9 Å². The van der Waals surface area contributed by atoms with Gasteiger partial charge in [0.05, 0.1) is 18.3 Å². The van der Waals surface area contributed by atoms with Crippen molar-refractivity contribution >= 4 is 28.6 Å². The Morgan fingerprint density at radius 3 is 2.77 bits per heavy atom. The number of aromatic nitrogens is 3. The Kier molecular flexibility index (Phi) is 4.68. The van der Waals surface area contributed by atoms with E-state index in [1.165, 1.54) is 31.1 Å². The number of carbonyl (C=O) groups is 3. The lowest BCUT2D eigenvalue weighted by Gasteiger charge is -2.23. The number of rotatable bonds is 5. The van der Waals surface area contributed by atoms with Crippen LogP contribution in [0, 0.1) is 0 Å². The highest BCUT2D eigenvalue weighted by molar-refractivity contribution is 6.04. The van der Waals surface area contributed by atoms with Crippen LogP contribution in [0.4, 0.5) is 4.39 Å². The summed E-state index contributed by atoms with van der Waals surface area (Å²) < 4.78 is 20.2. The van der Waals surface area contributed by atoms with Crippen LogP contribution in [0.15, 0.2) is 18.5 Å². The monoisotopic (exact) mass is 364 g/mol. The van der Waals surface area contributed by atoms with Gasteiger partial charge in [0.1, 0.15) is 24.5 Å². The van der Waals surface area contributed by atoms with Gasteiger partial charge in [-0.25, -0.2) is 9.18 Å². The number of Topliss-reactive ketones (excluding diaryl/α,β-unsaturated/α-hetero) is 1. The smallest absolute Gasteiger partial charge is 0.329 e. The minimum atomic E-state index is -1.60. The van der Waals surface area contributed by atoms with E-state index >= 15 is 0 Å². The number of amides is 1. The van der Waals surface area contributed by atoms with Crippen molar-refractivity contribution in [1.29, 1.82) is 0 Å². The largest absolute Gasteiger partial charge is 0.480 e. The number of hydrogen-bond acceptors (Lipinski definition) is 6. The molecule has 1 amide bonds. The Balaban J connectivity index is 1.92. The number of nitrogens with zero attached hydrogens (tertiary/aromatic N) is 4. The molecular formula is C16H17FN4O5. The van der Waals surface area contributed by atoms with Crippen molar-refractivity contribution in [2.75, 3.05) is 13.7 Å². The maximum absolute atomic E-state index is 14.1. The predicted molar refractivity (Wildman–Crippen MR) is 86.4 cm³/mol. The molecule has 0 bridgehead atoms. The van der Waals surface area contributed by atoms with E-state index in [0.717, 1.165) is 4.90 Å². The Labute approximate surface area is 147 Å². The number of likely N-dealkylation sites (tertiary alicyclic amines) is 1. The lowest BCUT2D eigenvalue weighted by Crippen LogP contribution is -2.47. The van der Waals surface area contributed by atoms with Gasteiger partial charge in [0.15, 0.2) is 11.8 Å². The second-order valence-electron chi connectivity index (χ2n) is 6.00. The summed E-state index contributed by atoms with van der Waals surface area (Å²) in [7, 11) is 1.20. The SMILES string of the molecule is CO[C@H]1[C@@H](C(=O)O)N(C(=O)Cn2nc(C(C)=O)c3ccncc32)C[C@@H]1F. The van der Waals surface area contributed by atoms with Crippen LogP contribution in [0.1, 0.15) is 17.4 Å². The van der Waals surface area contributed by atoms with E-state index < -0.39 is 30.2 Å². The molecule has 0 unspecified atom stereocenters. The van der Waals surface area contributed by atoms with Crippen molar-refractivity contribution in [2.24, 2.45) is 0 Å². The molecule has 26 heavy (non-hydrogen) atoms. The number of aliphatic carboxylic acids is 1. The van der Waals surface area contributed by atoms with E-state index in [9.17, 15) is 23.9 Å². The molecule has 0 radical (unpaired) electrons. The highest BCUT2D eigenvalue weighted by atomic mass is 19.1. The van der Waals surface area contributed by atoms with Gasteiger partial charge in [0.2, 0.25) is 5.91 Å². The number of alkyl halides is 1. The van der Waals surface area contributed by atoms with Gasteiger partial charge < -0.3 is 14.7 Å². The normalized spacial score (nSPS) is 22.7. The zero-order valence-electron chi connectivity index (χ0n) is 14.1. The maximum Gasteiger partial charge on any atom is 0.329 e. The van der Waals surface area contributed by atoms with Crippen LogP contribution in [-0.2, 0) is 20.9 Å². The first-order chi connectivity index (χ1) is 12.3. The van der Waals surface area contributed by atoms with Crippen LogP contribution in [0.3, 0.4) is 0 Å². The van der Waals surface area contributed by atoms with Crippen molar-refractivity contribution in [1.82, 2.24) is 19.7 Å². The fourth-order valence-electron chi connectivity index (χ4n) is 3.21.